The van der Waals surface area contributed by atoms with Gasteiger partial charge in [0.2, 0.25) is 0 Å². The van der Waals surface area contributed by atoms with Crippen LogP contribution in [-0.2, 0) is 0 Å². The van der Waals surface area contributed by atoms with Gasteiger partial charge in [-0.2, -0.15) is 0 Å². The van der Waals surface area contributed by atoms with Gasteiger partial charge in [-0.1, -0.05) is 29.4 Å². The number of aromatic nitrogens is 2. The number of aryl methyl sites for hydroxylation is 2. The second-order valence-corrected chi connectivity index (χ2v) is 7.14. The standard InChI is InChI=1S/C21H16N2O2S/c1-4-9-25-16-7-5-15(6-8-16)12-19-20(24)23-18-11-14(3)13(2)10-17(18)22-21(23)26-19/h1,5-8,10-12H,9H2,2-3H3/b19-12-. The van der Waals surface area contributed by atoms with Crippen LogP contribution in [0.5, 0.6) is 5.75 Å². The summed E-state index contributed by atoms with van der Waals surface area (Å²) in [5, 5.41) is 0. The molecule has 26 heavy (non-hydrogen) atoms. The summed E-state index contributed by atoms with van der Waals surface area (Å²) in [5.74, 6) is 3.14. The Bertz CT molecular complexity index is 1270. The number of rotatable bonds is 3. The molecular weight excluding hydrogens is 344 g/mol. The Hall–Kier alpha value is -3.10. The zero-order valence-electron chi connectivity index (χ0n) is 14.4. The van der Waals surface area contributed by atoms with E-state index < -0.39 is 0 Å². The maximum atomic E-state index is 12.9. The molecule has 0 atom stereocenters. The lowest BCUT2D eigenvalue weighted by atomic mass is 10.1. The van der Waals surface area contributed by atoms with Crippen molar-refractivity contribution in [3.8, 4) is 18.1 Å². The van der Waals surface area contributed by atoms with Crippen molar-refractivity contribution in [1.29, 1.82) is 0 Å². The van der Waals surface area contributed by atoms with Gasteiger partial charge in [0, 0.05) is 0 Å². The summed E-state index contributed by atoms with van der Waals surface area (Å²) in [4.78, 5) is 18.2. The van der Waals surface area contributed by atoms with Crippen molar-refractivity contribution < 1.29 is 4.74 Å². The van der Waals surface area contributed by atoms with Crippen LogP contribution in [-0.4, -0.2) is 16.0 Å². The molecule has 5 heteroatoms. The zero-order chi connectivity index (χ0) is 18.3. The number of fused-ring (bicyclic) bond motifs is 3. The first kappa shape index (κ1) is 16.4. The fourth-order valence-electron chi connectivity index (χ4n) is 2.86. The third-order valence-electron chi connectivity index (χ3n) is 4.35. The second-order valence-electron chi connectivity index (χ2n) is 6.13. The fourth-order valence-corrected chi connectivity index (χ4v) is 3.84. The Morgan fingerprint density at radius 2 is 1.96 bits per heavy atom. The number of hydrogen-bond acceptors (Lipinski definition) is 4. The van der Waals surface area contributed by atoms with E-state index in [0.717, 1.165) is 27.1 Å². The van der Waals surface area contributed by atoms with Gasteiger partial charge in [0.15, 0.2) is 4.96 Å². The Balaban J connectivity index is 1.81. The summed E-state index contributed by atoms with van der Waals surface area (Å²) < 4.78 is 7.72. The van der Waals surface area contributed by atoms with Crippen LogP contribution in [0.2, 0.25) is 0 Å². The van der Waals surface area contributed by atoms with Crippen molar-refractivity contribution in [1.82, 2.24) is 9.38 Å². The highest BCUT2D eigenvalue weighted by Crippen LogP contribution is 2.20. The predicted octanol–water partition coefficient (Wildman–Crippen LogP) is 3.09. The molecule has 0 N–H and O–H groups in total. The minimum Gasteiger partial charge on any atom is -0.481 e. The Morgan fingerprint density at radius 3 is 2.69 bits per heavy atom. The molecule has 0 aliphatic heterocycles. The second kappa shape index (κ2) is 6.32. The van der Waals surface area contributed by atoms with E-state index in [-0.39, 0.29) is 12.2 Å². The molecule has 0 amide bonds. The molecule has 128 valence electrons. The van der Waals surface area contributed by atoms with Gasteiger partial charge in [-0.05, 0) is 60.9 Å². The van der Waals surface area contributed by atoms with Gasteiger partial charge in [-0.15, -0.1) is 6.42 Å². The van der Waals surface area contributed by atoms with Gasteiger partial charge < -0.3 is 4.74 Å². The highest BCUT2D eigenvalue weighted by Gasteiger charge is 2.12. The lowest BCUT2D eigenvalue weighted by molar-refractivity contribution is 0.370. The normalized spacial score (nSPS) is 12.0. The number of thiazole rings is 1. The molecule has 0 aliphatic carbocycles. The number of nitrogens with zero attached hydrogens (tertiary/aromatic N) is 2. The molecule has 4 rings (SSSR count). The minimum atomic E-state index is -0.0385. The van der Waals surface area contributed by atoms with Crippen molar-refractivity contribution in [3.05, 3.63) is 68.0 Å². The first-order valence-electron chi connectivity index (χ1n) is 8.17. The summed E-state index contributed by atoms with van der Waals surface area (Å²) in [6, 6.07) is 11.5. The maximum absolute atomic E-state index is 12.9. The van der Waals surface area contributed by atoms with Crippen LogP contribution < -0.4 is 14.8 Å². The first-order valence-corrected chi connectivity index (χ1v) is 8.99. The topological polar surface area (TPSA) is 43.6 Å². The van der Waals surface area contributed by atoms with Crippen LogP contribution in [0.1, 0.15) is 16.7 Å². The van der Waals surface area contributed by atoms with Crippen LogP contribution in [0.15, 0.2) is 41.2 Å². The Kier molecular flexibility index (Phi) is 3.98. The molecule has 4 aromatic rings. The van der Waals surface area contributed by atoms with Crippen molar-refractivity contribution in [2.75, 3.05) is 6.61 Å². The molecule has 0 aliphatic rings. The molecule has 0 saturated carbocycles. The average Bonchev–Trinajstić information content (AvgIpc) is 3.11. The van der Waals surface area contributed by atoms with E-state index in [9.17, 15) is 4.79 Å². The summed E-state index contributed by atoms with van der Waals surface area (Å²) in [6.07, 6.45) is 7.06. The van der Waals surface area contributed by atoms with Gasteiger partial charge in [0.1, 0.15) is 12.4 Å². The largest absolute Gasteiger partial charge is 0.481 e. The van der Waals surface area contributed by atoms with Gasteiger partial charge in [0.25, 0.3) is 5.56 Å². The lowest BCUT2D eigenvalue weighted by Gasteiger charge is -2.01. The average molecular weight is 360 g/mol. The van der Waals surface area contributed by atoms with Crippen molar-refractivity contribution >= 4 is 33.4 Å². The van der Waals surface area contributed by atoms with Crippen LogP contribution in [0.25, 0.3) is 22.1 Å². The van der Waals surface area contributed by atoms with Gasteiger partial charge in [0.05, 0.1) is 15.6 Å². The van der Waals surface area contributed by atoms with Crippen LogP contribution >= 0.6 is 11.3 Å². The van der Waals surface area contributed by atoms with E-state index in [1.165, 1.54) is 16.9 Å². The van der Waals surface area contributed by atoms with Crippen molar-refractivity contribution in [2.45, 2.75) is 13.8 Å². The predicted molar refractivity (Wildman–Crippen MR) is 106 cm³/mol. The first-order chi connectivity index (χ1) is 12.6. The lowest BCUT2D eigenvalue weighted by Crippen LogP contribution is -2.22. The third kappa shape index (κ3) is 2.75. The fraction of sp³-hybridized carbons (Fsp3) is 0.143. The van der Waals surface area contributed by atoms with Gasteiger partial charge in [-0.3, -0.25) is 4.79 Å². The summed E-state index contributed by atoms with van der Waals surface area (Å²) in [7, 11) is 0. The molecule has 0 bridgehead atoms. The molecule has 0 unspecified atom stereocenters. The van der Waals surface area contributed by atoms with Crippen molar-refractivity contribution in [3.63, 3.8) is 0 Å². The van der Waals surface area contributed by atoms with E-state index in [1.807, 2.05) is 49.4 Å². The SMILES string of the molecule is C#CCOc1ccc(/C=c2\sc3nc4cc(C)c(C)cc4n3c2=O)cc1. The smallest absolute Gasteiger partial charge is 0.274 e. The van der Waals surface area contributed by atoms with Gasteiger partial charge >= 0.3 is 0 Å². The zero-order valence-corrected chi connectivity index (χ0v) is 15.3. The van der Waals surface area contributed by atoms with Crippen molar-refractivity contribution in [2.24, 2.45) is 0 Å². The van der Waals surface area contributed by atoms with Gasteiger partial charge in [-0.25, -0.2) is 9.38 Å². The Labute approximate surface area is 154 Å². The molecule has 0 radical (unpaired) electrons. The molecular formula is C21H16N2O2S. The maximum Gasteiger partial charge on any atom is 0.274 e. The number of imidazole rings is 1. The molecule has 0 fully saturated rings. The van der Waals surface area contributed by atoms with E-state index in [1.54, 1.807) is 4.40 Å². The number of terminal acetylenes is 1. The summed E-state index contributed by atoms with van der Waals surface area (Å²) in [5.41, 5.74) is 4.94. The Morgan fingerprint density at radius 1 is 1.23 bits per heavy atom. The highest BCUT2D eigenvalue weighted by molar-refractivity contribution is 7.15. The molecule has 2 aromatic carbocycles. The highest BCUT2D eigenvalue weighted by atomic mass is 32.1. The van der Waals surface area contributed by atoms with Crippen LogP contribution in [0, 0.1) is 26.2 Å². The van der Waals surface area contributed by atoms with Crippen LogP contribution in [0.3, 0.4) is 0 Å². The monoisotopic (exact) mass is 360 g/mol. The number of benzene rings is 2. The summed E-state index contributed by atoms with van der Waals surface area (Å²) in [6.45, 7) is 4.33. The third-order valence-corrected chi connectivity index (χ3v) is 5.32. The van der Waals surface area contributed by atoms with E-state index in [2.05, 4.69) is 17.8 Å². The molecule has 2 heterocycles. The van der Waals surface area contributed by atoms with E-state index in [4.69, 9.17) is 11.2 Å². The number of ether oxygens (including phenoxy) is 1. The summed E-state index contributed by atoms with van der Waals surface area (Å²) >= 11 is 1.40. The molecule has 0 spiro atoms. The van der Waals surface area contributed by atoms with E-state index in [0.29, 0.717) is 10.3 Å². The molecule has 4 nitrogen and oxygen atoms in total. The molecule has 0 saturated heterocycles. The molecule has 2 aromatic heterocycles. The minimum absolute atomic E-state index is 0.0385. The van der Waals surface area contributed by atoms with Crippen LogP contribution in [0.4, 0.5) is 0 Å². The quantitative estimate of drug-likeness (QED) is 0.528. The number of hydrogen-bond donors (Lipinski definition) is 0. The van der Waals surface area contributed by atoms with E-state index >= 15 is 0 Å².